The van der Waals surface area contributed by atoms with E-state index < -0.39 is 23.9 Å². The highest BCUT2D eigenvalue weighted by atomic mass is 35.5. The second kappa shape index (κ2) is 8.46. The highest BCUT2D eigenvalue weighted by Crippen LogP contribution is 2.17. The standard InChI is InChI=1S/C14H18ClFN2O3/c1-2-3-7-11(18-14(20)21)13(19)17-8-9-5-4-6-10(15)12(9)16/h4-6,11,18H,2-3,7-8H2,1H3,(H,17,19)(H,20,21). The summed E-state index contributed by atoms with van der Waals surface area (Å²) in [6.45, 7) is 1.90. The number of hydrogen-bond donors (Lipinski definition) is 3. The Morgan fingerprint density at radius 1 is 1.43 bits per heavy atom. The van der Waals surface area contributed by atoms with Crippen LogP contribution in [0.3, 0.4) is 0 Å². The maximum absolute atomic E-state index is 13.7. The Bertz CT molecular complexity index is 511. The van der Waals surface area contributed by atoms with E-state index in [4.69, 9.17) is 16.7 Å². The number of unbranched alkanes of at least 4 members (excludes halogenated alkanes) is 1. The second-order valence-corrected chi connectivity index (χ2v) is 4.98. The van der Waals surface area contributed by atoms with Gasteiger partial charge in [-0.1, -0.05) is 43.5 Å². The summed E-state index contributed by atoms with van der Waals surface area (Å²) in [5, 5.41) is 13.4. The van der Waals surface area contributed by atoms with Crippen molar-refractivity contribution in [3.63, 3.8) is 0 Å². The van der Waals surface area contributed by atoms with Crippen LogP contribution in [-0.4, -0.2) is 23.1 Å². The lowest BCUT2D eigenvalue weighted by atomic mass is 10.1. The minimum Gasteiger partial charge on any atom is -0.465 e. The molecule has 1 rings (SSSR count). The normalized spacial score (nSPS) is 11.8. The lowest BCUT2D eigenvalue weighted by Gasteiger charge is -2.16. The number of carbonyl (C=O) groups is 2. The molecule has 116 valence electrons. The zero-order chi connectivity index (χ0) is 15.8. The van der Waals surface area contributed by atoms with E-state index in [9.17, 15) is 14.0 Å². The number of rotatable bonds is 7. The molecule has 0 fully saturated rings. The van der Waals surface area contributed by atoms with Crippen molar-refractivity contribution in [2.75, 3.05) is 0 Å². The van der Waals surface area contributed by atoms with Gasteiger partial charge in [0.2, 0.25) is 5.91 Å². The number of hydrogen-bond acceptors (Lipinski definition) is 2. The number of amides is 2. The molecule has 0 spiro atoms. The van der Waals surface area contributed by atoms with Gasteiger partial charge in [0.05, 0.1) is 5.02 Å². The molecule has 1 unspecified atom stereocenters. The number of carboxylic acid groups (broad SMARTS) is 1. The summed E-state index contributed by atoms with van der Waals surface area (Å²) in [6, 6.07) is 3.66. The predicted molar refractivity (Wildman–Crippen MR) is 77.7 cm³/mol. The molecule has 1 aromatic rings. The molecule has 0 aliphatic rings. The summed E-state index contributed by atoms with van der Waals surface area (Å²) in [5.74, 6) is -1.07. The molecule has 0 saturated carbocycles. The number of nitrogens with one attached hydrogen (secondary N) is 2. The molecule has 0 heterocycles. The molecule has 21 heavy (non-hydrogen) atoms. The third-order valence-corrected chi connectivity index (χ3v) is 3.24. The molecule has 5 nitrogen and oxygen atoms in total. The molecule has 1 aromatic carbocycles. The predicted octanol–water partition coefficient (Wildman–Crippen LogP) is 2.92. The van der Waals surface area contributed by atoms with Crippen LogP contribution in [0.25, 0.3) is 0 Å². The first-order valence-electron chi connectivity index (χ1n) is 6.65. The smallest absolute Gasteiger partial charge is 0.405 e. The summed E-state index contributed by atoms with van der Waals surface area (Å²) >= 11 is 5.65. The minimum absolute atomic E-state index is 0.0204. The van der Waals surface area contributed by atoms with E-state index in [0.717, 1.165) is 6.42 Å². The van der Waals surface area contributed by atoms with Crippen molar-refractivity contribution in [2.24, 2.45) is 0 Å². The molecule has 0 bridgehead atoms. The first-order chi connectivity index (χ1) is 9.95. The Morgan fingerprint density at radius 2 is 2.14 bits per heavy atom. The molecule has 2 amide bonds. The van der Waals surface area contributed by atoms with Gasteiger partial charge in [-0.15, -0.1) is 0 Å². The monoisotopic (exact) mass is 316 g/mol. The molecule has 0 aromatic heterocycles. The molecule has 1 atom stereocenters. The van der Waals surface area contributed by atoms with Gasteiger partial charge in [-0.25, -0.2) is 9.18 Å². The van der Waals surface area contributed by atoms with Gasteiger partial charge in [0, 0.05) is 12.1 Å². The van der Waals surface area contributed by atoms with E-state index in [1.807, 2.05) is 6.92 Å². The van der Waals surface area contributed by atoms with Crippen LogP contribution in [0.15, 0.2) is 18.2 Å². The van der Waals surface area contributed by atoms with Crippen LogP contribution in [0.4, 0.5) is 9.18 Å². The second-order valence-electron chi connectivity index (χ2n) is 4.58. The van der Waals surface area contributed by atoms with Gasteiger partial charge in [0.15, 0.2) is 0 Å². The van der Waals surface area contributed by atoms with Crippen LogP contribution in [0, 0.1) is 5.82 Å². The zero-order valence-corrected chi connectivity index (χ0v) is 12.4. The quantitative estimate of drug-likeness (QED) is 0.723. The van der Waals surface area contributed by atoms with Crippen molar-refractivity contribution < 1.29 is 19.1 Å². The fourth-order valence-electron chi connectivity index (χ4n) is 1.82. The van der Waals surface area contributed by atoms with E-state index in [1.165, 1.54) is 12.1 Å². The number of halogens is 2. The minimum atomic E-state index is -1.26. The first kappa shape index (κ1) is 17.2. The van der Waals surface area contributed by atoms with E-state index in [0.29, 0.717) is 12.8 Å². The van der Waals surface area contributed by atoms with Crippen LogP contribution in [0.5, 0.6) is 0 Å². The maximum atomic E-state index is 13.7. The Morgan fingerprint density at radius 3 is 2.76 bits per heavy atom. The molecule has 0 saturated heterocycles. The van der Waals surface area contributed by atoms with Crippen molar-refractivity contribution in [3.8, 4) is 0 Å². The summed E-state index contributed by atoms with van der Waals surface area (Å²) in [6.07, 6.45) is 0.685. The van der Waals surface area contributed by atoms with Crippen molar-refractivity contribution >= 4 is 23.6 Å². The van der Waals surface area contributed by atoms with Crippen LogP contribution < -0.4 is 10.6 Å². The van der Waals surface area contributed by atoms with Crippen LogP contribution in [0.2, 0.25) is 5.02 Å². The molecule has 0 aliphatic carbocycles. The molecular formula is C14H18ClFN2O3. The molecule has 0 aliphatic heterocycles. The van der Waals surface area contributed by atoms with Gasteiger partial charge in [-0.05, 0) is 12.5 Å². The van der Waals surface area contributed by atoms with Crippen LogP contribution >= 0.6 is 11.6 Å². The van der Waals surface area contributed by atoms with Gasteiger partial charge >= 0.3 is 6.09 Å². The Labute approximate surface area is 127 Å². The van der Waals surface area contributed by atoms with Crippen molar-refractivity contribution in [1.82, 2.24) is 10.6 Å². The lowest BCUT2D eigenvalue weighted by molar-refractivity contribution is -0.123. The number of benzene rings is 1. The Hall–Kier alpha value is -1.82. The van der Waals surface area contributed by atoms with Gasteiger partial charge < -0.3 is 15.7 Å². The Balaban J connectivity index is 2.64. The maximum Gasteiger partial charge on any atom is 0.405 e. The third kappa shape index (κ3) is 5.59. The van der Waals surface area contributed by atoms with Gasteiger partial charge in [0.25, 0.3) is 0 Å². The highest BCUT2D eigenvalue weighted by Gasteiger charge is 2.20. The van der Waals surface area contributed by atoms with E-state index in [-0.39, 0.29) is 17.1 Å². The van der Waals surface area contributed by atoms with Gasteiger partial charge in [0.1, 0.15) is 11.9 Å². The number of carbonyl (C=O) groups excluding carboxylic acids is 1. The Kier molecular flexibility index (Phi) is 6.94. The third-order valence-electron chi connectivity index (χ3n) is 2.95. The summed E-state index contributed by atoms with van der Waals surface area (Å²) in [7, 11) is 0. The first-order valence-corrected chi connectivity index (χ1v) is 7.03. The average Bonchev–Trinajstić information content (AvgIpc) is 2.44. The fraction of sp³-hybridized carbons (Fsp3) is 0.429. The molecular weight excluding hydrogens is 299 g/mol. The van der Waals surface area contributed by atoms with Crippen molar-refractivity contribution in [2.45, 2.75) is 38.8 Å². The summed E-state index contributed by atoms with van der Waals surface area (Å²) < 4.78 is 13.7. The topological polar surface area (TPSA) is 78.4 Å². The van der Waals surface area contributed by atoms with E-state index >= 15 is 0 Å². The van der Waals surface area contributed by atoms with Crippen LogP contribution in [0.1, 0.15) is 31.7 Å². The summed E-state index contributed by atoms with van der Waals surface area (Å²) in [4.78, 5) is 22.6. The SMILES string of the molecule is CCCCC(NC(=O)O)C(=O)NCc1cccc(Cl)c1F. The fourth-order valence-corrected chi connectivity index (χ4v) is 2.01. The van der Waals surface area contributed by atoms with Crippen LogP contribution in [-0.2, 0) is 11.3 Å². The molecule has 3 N–H and O–H groups in total. The van der Waals surface area contributed by atoms with E-state index in [1.54, 1.807) is 6.07 Å². The van der Waals surface area contributed by atoms with Gasteiger partial charge in [-0.2, -0.15) is 0 Å². The van der Waals surface area contributed by atoms with Crippen molar-refractivity contribution in [1.29, 1.82) is 0 Å². The van der Waals surface area contributed by atoms with E-state index in [2.05, 4.69) is 10.6 Å². The molecule has 0 radical (unpaired) electrons. The lowest BCUT2D eigenvalue weighted by Crippen LogP contribution is -2.46. The van der Waals surface area contributed by atoms with Crippen molar-refractivity contribution in [3.05, 3.63) is 34.6 Å². The zero-order valence-electron chi connectivity index (χ0n) is 11.7. The average molecular weight is 317 g/mol. The summed E-state index contributed by atoms with van der Waals surface area (Å²) in [5.41, 5.74) is 0.250. The highest BCUT2D eigenvalue weighted by molar-refractivity contribution is 6.30. The molecule has 7 heteroatoms. The largest absolute Gasteiger partial charge is 0.465 e. The van der Waals surface area contributed by atoms with Gasteiger partial charge in [-0.3, -0.25) is 4.79 Å².